The molecule has 0 saturated carbocycles. The number of nitrogens with zero attached hydrogens (tertiary/aromatic N) is 2. The van der Waals surface area contributed by atoms with Crippen molar-refractivity contribution >= 4 is 11.9 Å². The van der Waals surface area contributed by atoms with E-state index in [2.05, 4.69) is 10.6 Å². The van der Waals surface area contributed by atoms with Crippen molar-refractivity contribution in [3.8, 4) is 0 Å². The van der Waals surface area contributed by atoms with E-state index in [4.69, 9.17) is 10.2 Å². The largest absolute Gasteiger partial charge is 0.468 e. The number of carbonyl (C=O) groups is 2. The maximum Gasteiger partial charge on any atom is 0.315 e. The molecule has 4 N–H and O–H groups in total. The van der Waals surface area contributed by atoms with E-state index in [-0.39, 0.29) is 30.6 Å². The molecule has 0 spiro atoms. The Morgan fingerprint density at radius 1 is 1.42 bits per heavy atom. The van der Waals surface area contributed by atoms with Gasteiger partial charge in [-0.25, -0.2) is 4.79 Å². The van der Waals surface area contributed by atoms with Crippen LogP contribution in [0.3, 0.4) is 0 Å². The average molecular weight is 337 g/mol. The summed E-state index contributed by atoms with van der Waals surface area (Å²) in [5, 5.41) is 5.89. The number of furan rings is 1. The van der Waals surface area contributed by atoms with Crippen LogP contribution >= 0.6 is 0 Å². The van der Waals surface area contributed by atoms with Gasteiger partial charge in [0.25, 0.3) is 0 Å². The van der Waals surface area contributed by atoms with E-state index in [1.54, 1.807) is 6.26 Å². The number of carbonyl (C=O) groups excluding carboxylic acids is 2. The molecule has 24 heavy (non-hydrogen) atoms. The number of nitrogens with one attached hydrogen (secondary N) is 2. The fraction of sp³-hybridized carbons (Fsp3) is 0.625. The van der Waals surface area contributed by atoms with Crippen LogP contribution in [-0.2, 0) is 4.79 Å². The molecule has 0 unspecified atom stereocenters. The first-order valence-electron chi connectivity index (χ1n) is 8.20. The Hall–Kier alpha value is -2.06. The van der Waals surface area contributed by atoms with E-state index in [1.807, 2.05) is 36.0 Å². The first-order chi connectivity index (χ1) is 11.5. The Morgan fingerprint density at radius 2 is 2.12 bits per heavy atom. The normalized spacial score (nSPS) is 17.6. The molecule has 0 aromatic carbocycles. The van der Waals surface area contributed by atoms with E-state index in [1.165, 1.54) is 0 Å². The van der Waals surface area contributed by atoms with Gasteiger partial charge in [0.15, 0.2) is 0 Å². The third-order valence-electron chi connectivity index (χ3n) is 4.25. The standard InChI is InChI=1S/C16H27N5O3/c1-20(2)13(14-4-3-9-24-14)10-18-16(23)19-12-5-7-21(8-6-12)11-15(17)22/h3-4,9,12-13H,5-8,10-11H2,1-2H3,(H2,17,22)(H2,18,19,23)/t13-/m0/s1. The summed E-state index contributed by atoms with van der Waals surface area (Å²) in [6, 6.07) is 3.67. The quantitative estimate of drug-likeness (QED) is 0.656. The number of rotatable bonds is 7. The van der Waals surface area contributed by atoms with Crippen molar-refractivity contribution < 1.29 is 14.0 Å². The van der Waals surface area contributed by atoms with E-state index >= 15 is 0 Å². The van der Waals surface area contributed by atoms with Crippen LogP contribution in [0.1, 0.15) is 24.6 Å². The monoisotopic (exact) mass is 337 g/mol. The lowest BCUT2D eigenvalue weighted by atomic mass is 10.1. The number of primary amides is 1. The molecule has 1 aliphatic heterocycles. The molecule has 1 atom stereocenters. The number of urea groups is 1. The van der Waals surface area contributed by atoms with Crippen molar-refractivity contribution in [3.63, 3.8) is 0 Å². The summed E-state index contributed by atoms with van der Waals surface area (Å²) in [6.45, 7) is 2.28. The number of piperidine rings is 1. The van der Waals surface area contributed by atoms with Crippen molar-refractivity contribution in [1.82, 2.24) is 20.4 Å². The fourth-order valence-corrected chi connectivity index (χ4v) is 2.90. The minimum Gasteiger partial charge on any atom is -0.468 e. The van der Waals surface area contributed by atoms with Crippen molar-refractivity contribution in [2.75, 3.05) is 40.3 Å². The van der Waals surface area contributed by atoms with Crippen molar-refractivity contribution in [2.45, 2.75) is 24.9 Å². The second-order valence-corrected chi connectivity index (χ2v) is 6.37. The van der Waals surface area contributed by atoms with Gasteiger partial charge in [-0.15, -0.1) is 0 Å². The molecule has 134 valence electrons. The molecular weight excluding hydrogens is 310 g/mol. The number of nitrogens with two attached hydrogens (primary N) is 1. The number of likely N-dealkylation sites (tertiary alicyclic amines) is 1. The molecule has 1 aromatic rings. The summed E-state index contributed by atoms with van der Waals surface area (Å²) in [6.07, 6.45) is 3.26. The highest BCUT2D eigenvalue weighted by molar-refractivity contribution is 5.76. The fourth-order valence-electron chi connectivity index (χ4n) is 2.90. The lowest BCUT2D eigenvalue weighted by Crippen LogP contribution is -2.50. The molecule has 0 radical (unpaired) electrons. The number of likely N-dealkylation sites (N-methyl/N-ethyl adjacent to an activating group) is 1. The molecule has 1 saturated heterocycles. The highest BCUT2D eigenvalue weighted by Gasteiger charge is 2.22. The van der Waals surface area contributed by atoms with Crippen molar-refractivity contribution in [2.24, 2.45) is 5.73 Å². The number of amides is 3. The topological polar surface area (TPSA) is 104 Å². The zero-order valence-electron chi connectivity index (χ0n) is 14.3. The van der Waals surface area contributed by atoms with Gasteiger partial charge in [0.05, 0.1) is 18.8 Å². The summed E-state index contributed by atoms with van der Waals surface area (Å²) >= 11 is 0. The molecule has 1 aromatic heterocycles. The van der Waals surface area contributed by atoms with Crippen LogP contribution in [0.2, 0.25) is 0 Å². The summed E-state index contributed by atoms with van der Waals surface area (Å²) in [5.41, 5.74) is 5.20. The minimum atomic E-state index is -0.313. The van der Waals surface area contributed by atoms with E-state index < -0.39 is 0 Å². The Bertz CT molecular complexity index is 524. The lowest BCUT2D eigenvalue weighted by molar-refractivity contribution is -0.119. The maximum absolute atomic E-state index is 12.1. The Labute approximate surface area is 142 Å². The number of hydrogen-bond donors (Lipinski definition) is 3. The molecule has 0 aliphatic carbocycles. The first-order valence-corrected chi connectivity index (χ1v) is 8.20. The molecular formula is C16H27N5O3. The molecule has 1 aliphatic rings. The molecule has 2 rings (SSSR count). The van der Waals surface area contributed by atoms with Crippen LogP contribution in [-0.4, -0.2) is 68.1 Å². The predicted molar refractivity (Wildman–Crippen MR) is 90.3 cm³/mol. The second kappa shape index (κ2) is 8.70. The smallest absolute Gasteiger partial charge is 0.315 e. The van der Waals surface area contributed by atoms with Gasteiger partial charge in [-0.3, -0.25) is 14.6 Å². The van der Waals surface area contributed by atoms with Gasteiger partial charge in [-0.05, 0) is 39.1 Å². The molecule has 1 fully saturated rings. The summed E-state index contributed by atoms with van der Waals surface area (Å²) in [7, 11) is 3.89. The Kier molecular flexibility index (Phi) is 6.62. The van der Waals surface area contributed by atoms with E-state index in [0.717, 1.165) is 31.7 Å². The third kappa shape index (κ3) is 5.54. The summed E-state index contributed by atoms with van der Waals surface area (Å²) in [5.74, 6) is 0.506. The van der Waals surface area contributed by atoms with Crippen LogP contribution in [0, 0.1) is 0 Å². The van der Waals surface area contributed by atoms with E-state index in [0.29, 0.717) is 6.54 Å². The van der Waals surface area contributed by atoms with Gasteiger partial charge in [-0.2, -0.15) is 0 Å². The average Bonchev–Trinajstić information content (AvgIpc) is 3.02. The zero-order valence-corrected chi connectivity index (χ0v) is 14.3. The minimum absolute atomic E-state index is 0.0110. The molecule has 8 nitrogen and oxygen atoms in total. The molecule has 3 amide bonds. The Balaban J connectivity index is 1.72. The highest BCUT2D eigenvalue weighted by Crippen LogP contribution is 2.17. The van der Waals surface area contributed by atoms with Gasteiger partial charge in [0, 0.05) is 25.7 Å². The molecule has 8 heteroatoms. The van der Waals surface area contributed by atoms with Gasteiger partial charge in [0.2, 0.25) is 5.91 Å². The van der Waals surface area contributed by atoms with Crippen molar-refractivity contribution in [3.05, 3.63) is 24.2 Å². The maximum atomic E-state index is 12.1. The van der Waals surface area contributed by atoms with E-state index in [9.17, 15) is 9.59 Å². The Morgan fingerprint density at radius 3 is 2.67 bits per heavy atom. The first kappa shape index (κ1) is 18.3. The van der Waals surface area contributed by atoms with Crippen LogP contribution in [0.4, 0.5) is 4.79 Å². The molecule has 0 bridgehead atoms. The van der Waals surface area contributed by atoms with Crippen LogP contribution < -0.4 is 16.4 Å². The summed E-state index contributed by atoms with van der Waals surface area (Å²) in [4.78, 5) is 27.0. The highest BCUT2D eigenvalue weighted by atomic mass is 16.3. The second-order valence-electron chi connectivity index (χ2n) is 6.37. The lowest BCUT2D eigenvalue weighted by Gasteiger charge is -2.31. The number of hydrogen-bond acceptors (Lipinski definition) is 5. The predicted octanol–water partition coefficient (Wildman–Crippen LogP) is 0.131. The van der Waals surface area contributed by atoms with Gasteiger partial charge >= 0.3 is 6.03 Å². The van der Waals surface area contributed by atoms with Crippen LogP contribution in [0.5, 0.6) is 0 Å². The van der Waals surface area contributed by atoms with Crippen molar-refractivity contribution in [1.29, 1.82) is 0 Å². The van der Waals surface area contributed by atoms with Crippen LogP contribution in [0.25, 0.3) is 0 Å². The van der Waals surface area contributed by atoms with Gasteiger partial charge < -0.3 is 20.8 Å². The molecule has 2 heterocycles. The SMILES string of the molecule is CN(C)[C@@H](CNC(=O)NC1CCN(CC(N)=O)CC1)c1ccco1. The van der Waals surface area contributed by atoms with Gasteiger partial charge in [-0.1, -0.05) is 0 Å². The van der Waals surface area contributed by atoms with Crippen LogP contribution in [0.15, 0.2) is 22.8 Å². The third-order valence-corrected chi connectivity index (χ3v) is 4.25. The zero-order chi connectivity index (χ0) is 17.5. The summed E-state index contributed by atoms with van der Waals surface area (Å²) < 4.78 is 5.43. The van der Waals surface area contributed by atoms with Gasteiger partial charge in [0.1, 0.15) is 5.76 Å².